The van der Waals surface area contributed by atoms with E-state index in [1.54, 1.807) is 24.0 Å². The summed E-state index contributed by atoms with van der Waals surface area (Å²) in [5.74, 6) is -0.513. The van der Waals surface area contributed by atoms with Gasteiger partial charge in [-0.2, -0.15) is 0 Å². The average Bonchev–Trinajstić information content (AvgIpc) is 2.73. The van der Waals surface area contributed by atoms with E-state index in [2.05, 4.69) is 10.2 Å². The van der Waals surface area contributed by atoms with Crippen LogP contribution in [0, 0.1) is 0 Å². The Bertz CT molecular complexity index is 970. The first kappa shape index (κ1) is 19.7. The van der Waals surface area contributed by atoms with Gasteiger partial charge in [-0.15, -0.1) is 0 Å². The smallest absolute Gasteiger partial charge is 0.245 e. The summed E-state index contributed by atoms with van der Waals surface area (Å²) in [5, 5.41) is 13.3. The molecule has 2 aromatic carbocycles. The number of aromatic hydroxyl groups is 1. The Morgan fingerprint density at radius 3 is 2.41 bits per heavy atom. The first-order valence-corrected chi connectivity index (χ1v) is 10.2. The maximum atomic E-state index is 13.6. The van der Waals surface area contributed by atoms with Gasteiger partial charge < -0.3 is 20.2 Å². The van der Waals surface area contributed by atoms with Crippen molar-refractivity contribution in [2.45, 2.75) is 19.3 Å². The van der Waals surface area contributed by atoms with Crippen molar-refractivity contribution in [1.29, 1.82) is 0 Å². The molecule has 1 saturated heterocycles. The van der Waals surface area contributed by atoms with Crippen LogP contribution in [0.4, 0.5) is 11.4 Å². The SMILES string of the molecule is CCN1C(=O)C(C)(c2ccc(O)cc2)C(=O)c2c(Cl)cc(N3CCNCC3)cc21. The number of benzene rings is 2. The van der Waals surface area contributed by atoms with E-state index in [0.717, 1.165) is 31.9 Å². The van der Waals surface area contributed by atoms with Crippen molar-refractivity contribution in [3.8, 4) is 5.75 Å². The summed E-state index contributed by atoms with van der Waals surface area (Å²) in [6.45, 7) is 7.39. The second-order valence-corrected chi connectivity index (χ2v) is 8.02. The van der Waals surface area contributed by atoms with Crippen molar-refractivity contribution >= 4 is 34.7 Å². The van der Waals surface area contributed by atoms with Gasteiger partial charge in [0.15, 0.2) is 5.78 Å². The van der Waals surface area contributed by atoms with Crippen molar-refractivity contribution in [1.82, 2.24) is 5.32 Å². The van der Waals surface area contributed by atoms with Crippen LogP contribution in [-0.4, -0.2) is 49.5 Å². The number of anilines is 2. The summed E-state index contributed by atoms with van der Waals surface area (Å²) in [5.41, 5.74) is 1.01. The van der Waals surface area contributed by atoms with Crippen LogP contribution in [0.1, 0.15) is 29.8 Å². The Morgan fingerprint density at radius 2 is 1.79 bits per heavy atom. The number of halogens is 1. The molecule has 0 aliphatic carbocycles. The van der Waals surface area contributed by atoms with Gasteiger partial charge >= 0.3 is 0 Å². The summed E-state index contributed by atoms with van der Waals surface area (Å²) in [6.07, 6.45) is 0. The Hall–Kier alpha value is -2.57. The molecular formula is C22H24ClN3O3. The largest absolute Gasteiger partial charge is 0.508 e. The summed E-state index contributed by atoms with van der Waals surface area (Å²) in [6, 6.07) is 9.94. The third-order valence-electron chi connectivity index (χ3n) is 5.94. The Kier molecular flexibility index (Phi) is 5.00. The van der Waals surface area contributed by atoms with Crippen LogP contribution in [0.15, 0.2) is 36.4 Å². The molecule has 2 aromatic rings. The second kappa shape index (κ2) is 7.35. The molecular weight excluding hydrogens is 390 g/mol. The molecule has 0 aromatic heterocycles. The summed E-state index contributed by atoms with van der Waals surface area (Å²) >= 11 is 6.63. The number of hydrogen-bond donors (Lipinski definition) is 2. The number of phenolic OH excluding ortho intramolecular Hbond substituents is 1. The molecule has 2 heterocycles. The standard InChI is InChI=1S/C22H24ClN3O3/c1-3-26-18-13-15(25-10-8-24-9-11-25)12-17(23)19(18)20(28)22(2,21(26)29)14-4-6-16(27)7-5-14/h4-7,12-13,24,27H,3,8-11H2,1-2H3. The number of hydrogen-bond acceptors (Lipinski definition) is 5. The van der Waals surface area contributed by atoms with E-state index < -0.39 is 5.41 Å². The van der Waals surface area contributed by atoms with Crippen molar-refractivity contribution in [3.05, 3.63) is 52.5 Å². The van der Waals surface area contributed by atoms with E-state index in [9.17, 15) is 14.7 Å². The molecule has 152 valence electrons. The lowest BCUT2D eigenvalue weighted by Gasteiger charge is -2.40. The highest BCUT2D eigenvalue weighted by Gasteiger charge is 2.51. The number of amides is 1. The van der Waals surface area contributed by atoms with Crippen molar-refractivity contribution < 1.29 is 14.7 Å². The highest BCUT2D eigenvalue weighted by Crippen LogP contribution is 2.44. The molecule has 0 spiro atoms. The van der Waals surface area contributed by atoms with Crippen LogP contribution in [0.2, 0.25) is 5.02 Å². The zero-order chi connectivity index (χ0) is 20.8. The molecule has 0 saturated carbocycles. The Labute approximate surface area is 175 Å². The molecule has 2 aliphatic rings. The lowest BCUT2D eigenvalue weighted by Crippen LogP contribution is -2.54. The number of rotatable bonds is 3. The number of fused-ring (bicyclic) bond motifs is 1. The van der Waals surface area contributed by atoms with Gasteiger partial charge in [0.25, 0.3) is 0 Å². The number of likely N-dealkylation sites (N-methyl/N-ethyl adjacent to an activating group) is 1. The van der Waals surface area contributed by atoms with Crippen molar-refractivity contribution in [2.24, 2.45) is 0 Å². The minimum Gasteiger partial charge on any atom is -0.508 e. The predicted octanol–water partition coefficient (Wildman–Crippen LogP) is 2.96. The number of phenols is 1. The van der Waals surface area contributed by atoms with E-state index >= 15 is 0 Å². The van der Waals surface area contributed by atoms with E-state index in [1.165, 1.54) is 12.1 Å². The highest BCUT2D eigenvalue weighted by molar-refractivity contribution is 6.39. The first-order chi connectivity index (χ1) is 13.9. The maximum absolute atomic E-state index is 13.6. The third kappa shape index (κ3) is 3.07. The summed E-state index contributed by atoms with van der Waals surface area (Å²) in [4.78, 5) is 30.9. The van der Waals surface area contributed by atoms with Gasteiger partial charge in [0.1, 0.15) is 11.2 Å². The minimum absolute atomic E-state index is 0.0829. The Balaban J connectivity index is 1.86. The number of carbonyl (C=O) groups excluding carboxylic acids is 2. The average molecular weight is 414 g/mol. The van der Waals surface area contributed by atoms with Crippen LogP contribution in [0.3, 0.4) is 0 Å². The summed E-state index contributed by atoms with van der Waals surface area (Å²) in [7, 11) is 0. The number of nitrogens with one attached hydrogen (secondary N) is 1. The van der Waals surface area contributed by atoms with E-state index in [4.69, 9.17) is 11.6 Å². The molecule has 4 rings (SSSR count). The van der Waals surface area contributed by atoms with E-state index in [0.29, 0.717) is 28.4 Å². The quantitative estimate of drug-likeness (QED) is 0.757. The highest BCUT2D eigenvalue weighted by atomic mass is 35.5. The van der Waals surface area contributed by atoms with Gasteiger partial charge in [-0.3, -0.25) is 9.59 Å². The molecule has 1 unspecified atom stereocenters. The minimum atomic E-state index is -1.39. The number of Topliss-reactive ketones (excluding diaryl/α,β-unsaturated/α-hetero) is 1. The van der Waals surface area contributed by atoms with Crippen LogP contribution in [0.25, 0.3) is 0 Å². The van der Waals surface area contributed by atoms with Gasteiger partial charge in [-0.25, -0.2) is 0 Å². The topological polar surface area (TPSA) is 72.9 Å². The molecule has 0 radical (unpaired) electrons. The van der Waals surface area contributed by atoms with Crippen LogP contribution >= 0.6 is 11.6 Å². The fourth-order valence-corrected chi connectivity index (χ4v) is 4.51. The van der Waals surface area contributed by atoms with E-state index in [-0.39, 0.29) is 17.4 Å². The molecule has 6 nitrogen and oxygen atoms in total. The second-order valence-electron chi connectivity index (χ2n) is 7.61. The summed E-state index contributed by atoms with van der Waals surface area (Å²) < 4.78 is 0. The zero-order valence-electron chi connectivity index (χ0n) is 16.5. The van der Waals surface area contributed by atoms with Crippen molar-refractivity contribution in [3.63, 3.8) is 0 Å². The Morgan fingerprint density at radius 1 is 1.14 bits per heavy atom. The monoisotopic (exact) mass is 413 g/mol. The van der Waals surface area contributed by atoms with Crippen LogP contribution < -0.4 is 15.1 Å². The molecule has 7 heteroatoms. The first-order valence-electron chi connectivity index (χ1n) is 9.83. The van der Waals surface area contributed by atoms with Gasteiger partial charge in [0.2, 0.25) is 5.91 Å². The molecule has 29 heavy (non-hydrogen) atoms. The number of carbonyl (C=O) groups is 2. The van der Waals surface area contributed by atoms with Gasteiger partial charge in [0.05, 0.1) is 16.3 Å². The number of piperazine rings is 1. The number of ketones is 1. The van der Waals surface area contributed by atoms with Crippen molar-refractivity contribution in [2.75, 3.05) is 42.5 Å². The van der Waals surface area contributed by atoms with Crippen LogP contribution in [0.5, 0.6) is 5.75 Å². The van der Waals surface area contributed by atoms with Gasteiger partial charge in [0, 0.05) is 38.4 Å². The normalized spacial score (nSPS) is 22.0. The predicted molar refractivity (Wildman–Crippen MR) is 114 cm³/mol. The molecule has 1 atom stereocenters. The molecule has 1 fully saturated rings. The van der Waals surface area contributed by atoms with Gasteiger partial charge in [-0.05, 0) is 43.7 Å². The van der Waals surface area contributed by atoms with Crippen LogP contribution in [-0.2, 0) is 10.2 Å². The molecule has 1 amide bonds. The molecule has 2 N–H and O–H groups in total. The number of nitrogens with zero attached hydrogens (tertiary/aromatic N) is 2. The lowest BCUT2D eigenvalue weighted by molar-refractivity contribution is -0.122. The molecule has 0 bridgehead atoms. The van der Waals surface area contributed by atoms with Gasteiger partial charge in [-0.1, -0.05) is 23.7 Å². The molecule has 2 aliphatic heterocycles. The zero-order valence-corrected chi connectivity index (χ0v) is 17.3. The fraction of sp³-hybridized carbons (Fsp3) is 0.364. The fourth-order valence-electron chi connectivity index (χ4n) is 4.21. The van der Waals surface area contributed by atoms with E-state index in [1.807, 2.05) is 19.1 Å². The maximum Gasteiger partial charge on any atom is 0.245 e. The third-order valence-corrected chi connectivity index (χ3v) is 6.24. The lowest BCUT2D eigenvalue weighted by atomic mass is 9.72.